The first kappa shape index (κ1) is 22.0. The molecule has 0 fully saturated rings. The summed E-state index contributed by atoms with van der Waals surface area (Å²) in [5.41, 5.74) is 10.2. The van der Waals surface area contributed by atoms with Crippen LogP contribution in [0.1, 0.15) is 21.7 Å². The highest BCUT2D eigenvalue weighted by molar-refractivity contribution is 6.11. The molecule has 35 heavy (non-hydrogen) atoms. The lowest BCUT2D eigenvalue weighted by atomic mass is 10.0. The van der Waals surface area contributed by atoms with E-state index in [1.54, 1.807) is 18.2 Å². The zero-order valence-electron chi connectivity index (χ0n) is 19.2. The number of amides is 1. The molecule has 0 aliphatic rings. The first-order chi connectivity index (χ1) is 17.0. The average Bonchev–Trinajstić information content (AvgIpc) is 3.38. The largest absolute Gasteiger partial charge is 0.457 e. The van der Waals surface area contributed by atoms with Crippen molar-refractivity contribution >= 4 is 17.5 Å². The summed E-state index contributed by atoms with van der Waals surface area (Å²) in [7, 11) is 0. The third kappa shape index (κ3) is 4.37. The number of aryl methyl sites for hydroxylation is 1. The molecule has 3 N–H and O–H groups in total. The van der Waals surface area contributed by atoms with E-state index in [-0.39, 0.29) is 11.4 Å². The van der Waals surface area contributed by atoms with E-state index >= 15 is 0 Å². The van der Waals surface area contributed by atoms with Crippen molar-refractivity contribution in [3.8, 4) is 28.4 Å². The Bertz CT molecular complexity index is 1490. The monoisotopic (exact) mass is 465 g/mol. The van der Waals surface area contributed by atoms with Crippen LogP contribution in [-0.2, 0) is 0 Å². The van der Waals surface area contributed by atoms with Gasteiger partial charge in [-0.1, -0.05) is 47.6 Å². The lowest BCUT2D eigenvalue weighted by Gasteiger charge is -2.09. The van der Waals surface area contributed by atoms with Crippen LogP contribution in [0.4, 0.5) is 11.6 Å². The Morgan fingerprint density at radius 1 is 0.943 bits per heavy atom. The minimum Gasteiger partial charge on any atom is -0.457 e. The van der Waals surface area contributed by atoms with Gasteiger partial charge in [0.1, 0.15) is 22.8 Å². The molecular formula is C27H23N5O3. The third-order valence-electron chi connectivity index (χ3n) is 5.55. The van der Waals surface area contributed by atoms with E-state index in [0.29, 0.717) is 34.1 Å². The smallest absolute Gasteiger partial charge is 0.263 e. The first-order valence-electron chi connectivity index (χ1n) is 11.0. The molecule has 0 atom stereocenters. The molecule has 5 rings (SSSR count). The number of nitrogens with two attached hydrogens (primary N) is 1. The number of rotatable bonds is 6. The van der Waals surface area contributed by atoms with Gasteiger partial charge in [-0.15, -0.1) is 0 Å². The molecule has 0 aliphatic heterocycles. The third-order valence-corrected chi connectivity index (χ3v) is 5.55. The van der Waals surface area contributed by atoms with Crippen LogP contribution in [0, 0.1) is 13.8 Å². The second-order valence-electron chi connectivity index (χ2n) is 7.96. The number of carbonyl (C=O) groups excluding carboxylic acids is 1. The van der Waals surface area contributed by atoms with Gasteiger partial charge in [0, 0.05) is 17.3 Å². The van der Waals surface area contributed by atoms with E-state index in [2.05, 4.69) is 15.6 Å². The van der Waals surface area contributed by atoms with Crippen LogP contribution in [0.5, 0.6) is 11.5 Å². The number of aromatic nitrogens is 3. The summed E-state index contributed by atoms with van der Waals surface area (Å²) in [6, 6.07) is 26.2. The molecule has 8 nitrogen and oxygen atoms in total. The highest BCUT2D eigenvalue weighted by Crippen LogP contribution is 2.34. The molecule has 0 bridgehead atoms. The molecule has 2 aromatic heterocycles. The Balaban J connectivity index is 1.45. The molecule has 5 aromatic rings. The second kappa shape index (κ2) is 9.18. The Morgan fingerprint density at radius 3 is 2.37 bits per heavy atom. The maximum atomic E-state index is 13.3. The van der Waals surface area contributed by atoms with Crippen molar-refractivity contribution in [1.82, 2.24) is 14.9 Å². The Hall–Kier alpha value is -4.85. The fourth-order valence-electron chi connectivity index (χ4n) is 3.95. The summed E-state index contributed by atoms with van der Waals surface area (Å²) in [6.07, 6.45) is 0. The van der Waals surface area contributed by atoms with Crippen LogP contribution in [0.3, 0.4) is 0 Å². The molecule has 8 heteroatoms. The summed E-state index contributed by atoms with van der Waals surface area (Å²) in [5, 5.41) is 11.6. The Labute approximate surface area is 201 Å². The van der Waals surface area contributed by atoms with E-state index in [1.165, 1.54) is 0 Å². The SMILES string of the molecule is Cc1nn(-c2ccccc2)c(C)c1-c1noc(N)c1C(=O)Nc1cccc(Oc2ccccc2)c1. The number of nitrogens with zero attached hydrogens (tertiary/aromatic N) is 3. The van der Waals surface area contributed by atoms with Gasteiger partial charge in [-0.05, 0) is 50.2 Å². The predicted molar refractivity (Wildman–Crippen MR) is 134 cm³/mol. The summed E-state index contributed by atoms with van der Waals surface area (Å²) >= 11 is 0. The lowest BCUT2D eigenvalue weighted by molar-refractivity contribution is 0.102. The van der Waals surface area contributed by atoms with Gasteiger partial charge in [-0.25, -0.2) is 4.68 Å². The van der Waals surface area contributed by atoms with Crippen LogP contribution in [-0.4, -0.2) is 20.8 Å². The normalized spacial score (nSPS) is 10.8. The van der Waals surface area contributed by atoms with Crippen LogP contribution in [0.25, 0.3) is 16.9 Å². The number of carbonyl (C=O) groups is 1. The minimum absolute atomic E-state index is 0.0690. The minimum atomic E-state index is -0.443. The number of hydrogen-bond donors (Lipinski definition) is 2. The topological polar surface area (TPSA) is 108 Å². The fourth-order valence-corrected chi connectivity index (χ4v) is 3.95. The van der Waals surface area contributed by atoms with Gasteiger partial charge >= 0.3 is 0 Å². The van der Waals surface area contributed by atoms with Crippen molar-refractivity contribution in [3.05, 3.63) is 102 Å². The maximum absolute atomic E-state index is 13.3. The average molecular weight is 466 g/mol. The number of hydrogen-bond acceptors (Lipinski definition) is 6. The van der Waals surface area contributed by atoms with Gasteiger partial charge in [-0.3, -0.25) is 4.79 Å². The fraction of sp³-hybridized carbons (Fsp3) is 0.0741. The van der Waals surface area contributed by atoms with Crippen LogP contribution in [0.2, 0.25) is 0 Å². The van der Waals surface area contributed by atoms with Crippen molar-refractivity contribution in [2.75, 3.05) is 11.1 Å². The highest BCUT2D eigenvalue weighted by Gasteiger charge is 2.27. The number of para-hydroxylation sites is 2. The van der Waals surface area contributed by atoms with E-state index in [9.17, 15) is 4.79 Å². The van der Waals surface area contributed by atoms with E-state index in [0.717, 1.165) is 11.4 Å². The number of anilines is 2. The molecule has 1 amide bonds. The Morgan fingerprint density at radius 2 is 1.63 bits per heavy atom. The molecule has 0 saturated heterocycles. The van der Waals surface area contributed by atoms with Crippen molar-refractivity contribution < 1.29 is 14.1 Å². The molecule has 174 valence electrons. The number of nitrogen functional groups attached to an aromatic ring is 1. The molecule has 0 aliphatic carbocycles. The van der Waals surface area contributed by atoms with Crippen LogP contribution < -0.4 is 15.8 Å². The van der Waals surface area contributed by atoms with Gasteiger partial charge in [0.2, 0.25) is 5.88 Å². The van der Waals surface area contributed by atoms with Gasteiger partial charge in [0.15, 0.2) is 0 Å². The highest BCUT2D eigenvalue weighted by atomic mass is 16.5. The predicted octanol–water partition coefficient (Wildman–Crippen LogP) is 5.77. The van der Waals surface area contributed by atoms with Gasteiger partial charge in [0.25, 0.3) is 5.91 Å². The van der Waals surface area contributed by atoms with Crippen molar-refractivity contribution in [3.63, 3.8) is 0 Å². The number of ether oxygens (including phenoxy) is 1. The number of benzene rings is 3. The van der Waals surface area contributed by atoms with Crippen LogP contribution in [0.15, 0.2) is 89.5 Å². The molecule has 0 spiro atoms. The maximum Gasteiger partial charge on any atom is 0.263 e. The summed E-state index contributed by atoms with van der Waals surface area (Å²) in [5.74, 6) is 0.772. The van der Waals surface area contributed by atoms with Crippen molar-refractivity contribution in [2.45, 2.75) is 13.8 Å². The second-order valence-corrected chi connectivity index (χ2v) is 7.96. The van der Waals surface area contributed by atoms with Gasteiger partial charge in [0.05, 0.1) is 17.1 Å². The standard InChI is InChI=1S/C27H23N5O3/c1-17-23(18(2)32(30-17)20-11-5-3-6-12-20)25-24(26(28)35-31-25)27(33)29-19-10-9-15-22(16-19)34-21-13-7-4-8-14-21/h3-16H,28H2,1-2H3,(H,29,33). The van der Waals surface area contributed by atoms with Crippen LogP contribution >= 0.6 is 0 Å². The van der Waals surface area contributed by atoms with E-state index in [1.807, 2.05) is 85.3 Å². The van der Waals surface area contributed by atoms with E-state index < -0.39 is 5.91 Å². The summed E-state index contributed by atoms with van der Waals surface area (Å²) in [6.45, 7) is 3.78. The lowest BCUT2D eigenvalue weighted by Crippen LogP contribution is -2.14. The zero-order chi connectivity index (χ0) is 24.4. The van der Waals surface area contributed by atoms with Gasteiger partial charge in [-0.2, -0.15) is 5.10 Å². The molecule has 2 heterocycles. The first-order valence-corrected chi connectivity index (χ1v) is 11.0. The zero-order valence-corrected chi connectivity index (χ0v) is 19.2. The Kier molecular flexibility index (Phi) is 5.76. The molecular weight excluding hydrogens is 442 g/mol. The van der Waals surface area contributed by atoms with Crippen molar-refractivity contribution in [1.29, 1.82) is 0 Å². The van der Waals surface area contributed by atoms with Gasteiger partial charge < -0.3 is 20.3 Å². The molecule has 0 saturated carbocycles. The summed E-state index contributed by atoms with van der Waals surface area (Å²) < 4.78 is 12.9. The molecule has 0 radical (unpaired) electrons. The summed E-state index contributed by atoms with van der Waals surface area (Å²) in [4.78, 5) is 13.3. The van der Waals surface area contributed by atoms with Crippen molar-refractivity contribution in [2.24, 2.45) is 0 Å². The number of nitrogens with one attached hydrogen (secondary N) is 1. The van der Waals surface area contributed by atoms with E-state index in [4.69, 9.17) is 15.0 Å². The molecule has 0 unspecified atom stereocenters. The quantitative estimate of drug-likeness (QED) is 0.329. The molecule has 3 aromatic carbocycles.